The number of nitrogens with zero attached hydrogens (tertiary/aromatic N) is 1. The normalized spacial score (nSPS) is 10.8. The molecule has 1 aromatic rings. The zero-order valence-electron chi connectivity index (χ0n) is 13.1. The standard InChI is InChI=1S/C15H25NO3.ClH/c1-10(2)18-13-7-12(9-16(5)6)8-14(15(13)17)19-11(3)4;/h7-8,10-11,17H,9H2,1-6H3;1H. The first-order valence-electron chi connectivity index (χ1n) is 6.63. The SMILES string of the molecule is CC(C)Oc1cc(CN(C)C)cc(OC(C)C)c1O.Cl. The van der Waals surface area contributed by atoms with Crippen molar-refractivity contribution in [2.24, 2.45) is 0 Å². The lowest BCUT2D eigenvalue weighted by Crippen LogP contribution is -2.13. The van der Waals surface area contributed by atoms with E-state index in [1.165, 1.54) is 0 Å². The smallest absolute Gasteiger partial charge is 0.200 e. The Labute approximate surface area is 128 Å². The summed E-state index contributed by atoms with van der Waals surface area (Å²) >= 11 is 0. The van der Waals surface area contributed by atoms with Gasteiger partial charge >= 0.3 is 0 Å². The highest BCUT2D eigenvalue weighted by Gasteiger charge is 2.15. The summed E-state index contributed by atoms with van der Waals surface area (Å²) in [7, 11) is 4.00. The number of phenolic OH excluding ortho intramolecular Hbond substituents is 1. The zero-order chi connectivity index (χ0) is 14.6. The molecule has 0 spiro atoms. The lowest BCUT2D eigenvalue weighted by Gasteiger charge is -2.19. The second-order valence-electron chi connectivity index (χ2n) is 5.51. The Morgan fingerprint density at radius 1 is 1.00 bits per heavy atom. The fourth-order valence-electron chi connectivity index (χ4n) is 1.78. The van der Waals surface area contributed by atoms with Crippen molar-refractivity contribution in [3.8, 4) is 17.2 Å². The quantitative estimate of drug-likeness (QED) is 0.874. The minimum atomic E-state index is 0. The summed E-state index contributed by atoms with van der Waals surface area (Å²) in [6.45, 7) is 8.49. The highest BCUT2D eigenvalue weighted by Crippen LogP contribution is 2.38. The summed E-state index contributed by atoms with van der Waals surface area (Å²) in [5.74, 6) is 1.03. The molecule has 0 aliphatic carbocycles. The molecule has 1 aromatic carbocycles. The van der Waals surface area contributed by atoms with Gasteiger partial charge in [0.15, 0.2) is 11.5 Å². The van der Waals surface area contributed by atoms with E-state index < -0.39 is 0 Å². The van der Waals surface area contributed by atoms with Gasteiger partial charge in [-0.05, 0) is 59.5 Å². The van der Waals surface area contributed by atoms with Gasteiger partial charge in [0.05, 0.1) is 12.2 Å². The number of halogens is 1. The topological polar surface area (TPSA) is 41.9 Å². The van der Waals surface area contributed by atoms with Crippen molar-refractivity contribution in [2.45, 2.75) is 46.4 Å². The third-order valence-electron chi connectivity index (χ3n) is 2.32. The Bertz CT molecular complexity index is 389. The van der Waals surface area contributed by atoms with Crippen LogP contribution in [0.4, 0.5) is 0 Å². The van der Waals surface area contributed by atoms with Gasteiger partial charge in [-0.15, -0.1) is 12.4 Å². The summed E-state index contributed by atoms with van der Waals surface area (Å²) in [4.78, 5) is 2.06. The van der Waals surface area contributed by atoms with E-state index in [1.807, 2.05) is 53.9 Å². The summed E-state index contributed by atoms with van der Waals surface area (Å²) in [5, 5.41) is 10.2. The van der Waals surface area contributed by atoms with Crippen molar-refractivity contribution in [1.82, 2.24) is 4.90 Å². The first-order valence-corrected chi connectivity index (χ1v) is 6.63. The van der Waals surface area contributed by atoms with Crippen LogP contribution < -0.4 is 9.47 Å². The van der Waals surface area contributed by atoms with Crippen molar-refractivity contribution >= 4 is 12.4 Å². The molecule has 0 heterocycles. The molecule has 1 N–H and O–H groups in total. The molecule has 0 aliphatic rings. The molecule has 0 saturated heterocycles. The summed E-state index contributed by atoms with van der Waals surface area (Å²) < 4.78 is 11.3. The molecule has 116 valence electrons. The third kappa shape index (κ3) is 5.88. The zero-order valence-corrected chi connectivity index (χ0v) is 14.0. The second kappa shape index (κ2) is 8.22. The van der Waals surface area contributed by atoms with Crippen molar-refractivity contribution in [3.63, 3.8) is 0 Å². The monoisotopic (exact) mass is 303 g/mol. The van der Waals surface area contributed by atoms with Gasteiger partial charge in [0, 0.05) is 6.54 Å². The molecule has 0 aliphatic heterocycles. The number of hydrogen-bond donors (Lipinski definition) is 1. The maximum atomic E-state index is 10.2. The van der Waals surface area contributed by atoms with E-state index in [0.29, 0.717) is 11.5 Å². The number of aromatic hydroxyl groups is 1. The average molecular weight is 304 g/mol. The Kier molecular flexibility index (Phi) is 7.76. The molecule has 0 saturated carbocycles. The largest absolute Gasteiger partial charge is 0.502 e. The highest BCUT2D eigenvalue weighted by molar-refractivity contribution is 5.85. The van der Waals surface area contributed by atoms with Crippen LogP contribution in [0.5, 0.6) is 17.2 Å². The molecule has 1 rings (SSSR count). The minimum Gasteiger partial charge on any atom is -0.502 e. The molecule has 5 heteroatoms. The molecule has 0 fully saturated rings. The van der Waals surface area contributed by atoms with Gasteiger partial charge in [-0.1, -0.05) is 0 Å². The van der Waals surface area contributed by atoms with Crippen LogP contribution >= 0.6 is 12.4 Å². The van der Waals surface area contributed by atoms with Crippen LogP contribution in [-0.2, 0) is 6.54 Å². The second-order valence-corrected chi connectivity index (χ2v) is 5.51. The maximum Gasteiger partial charge on any atom is 0.200 e. The van der Waals surface area contributed by atoms with Crippen LogP contribution in [0.25, 0.3) is 0 Å². The number of benzene rings is 1. The fourth-order valence-corrected chi connectivity index (χ4v) is 1.78. The Hall–Kier alpha value is -1.13. The van der Waals surface area contributed by atoms with Gasteiger partial charge < -0.3 is 19.5 Å². The molecule has 0 radical (unpaired) electrons. The predicted octanol–water partition coefficient (Wildman–Crippen LogP) is 3.45. The van der Waals surface area contributed by atoms with E-state index >= 15 is 0 Å². The van der Waals surface area contributed by atoms with Crippen molar-refractivity contribution < 1.29 is 14.6 Å². The van der Waals surface area contributed by atoms with Gasteiger partial charge in [0.1, 0.15) is 0 Å². The van der Waals surface area contributed by atoms with Crippen LogP contribution in [-0.4, -0.2) is 36.3 Å². The van der Waals surface area contributed by atoms with Gasteiger partial charge in [-0.3, -0.25) is 0 Å². The summed E-state index contributed by atoms with van der Waals surface area (Å²) in [5.41, 5.74) is 1.05. The van der Waals surface area contributed by atoms with Crippen molar-refractivity contribution in [3.05, 3.63) is 17.7 Å². The summed E-state index contributed by atoms with van der Waals surface area (Å²) in [6, 6.07) is 3.73. The first kappa shape index (κ1) is 18.9. The number of hydrogen-bond acceptors (Lipinski definition) is 4. The Morgan fingerprint density at radius 2 is 1.40 bits per heavy atom. The highest BCUT2D eigenvalue weighted by atomic mass is 35.5. The number of rotatable bonds is 6. The average Bonchev–Trinajstić information content (AvgIpc) is 2.22. The van der Waals surface area contributed by atoms with Gasteiger partial charge in [-0.2, -0.15) is 0 Å². The molecule has 0 bridgehead atoms. The van der Waals surface area contributed by atoms with Crippen molar-refractivity contribution in [1.29, 1.82) is 0 Å². The van der Waals surface area contributed by atoms with E-state index in [1.54, 1.807) is 0 Å². The van der Waals surface area contributed by atoms with Gasteiger partial charge in [0.2, 0.25) is 5.75 Å². The number of ether oxygens (including phenoxy) is 2. The van der Waals surface area contributed by atoms with Crippen LogP contribution in [0.15, 0.2) is 12.1 Å². The first-order chi connectivity index (χ1) is 8.79. The van der Waals surface area contributed by atoms with E-state index in [-0.39, 0.29) is 30.4 Å². The van der Waals surface area contributed by atoms with Crippen molar-refractivity contribution in [2.75, 3.05) is 14.1 Å². The lowest BCUT2D eigenvalue weighted by atomic mass is 10.1. The lowest BCUT2D eigenvalue weighted by molar-refractivity contribution is 0.210. The molecular weight excluding hydrogens is 278 g/mol. The van der Waals surface area contributed by atoms with Crippen LogP contribution in [0.3, 0.4) is 0 Å². The molecule has 0 amide bonds. The van der Waals surface area contributed by atoms with Crippen LogP contribution in [0.1, 0.15) is 33.3 Å². The molecular formula is C15H26ClNO3. The van der Waals surface area contributed by atoms with E-state index in [2.05, 4.69) is 4.90 Å². The molecule has 0 aromatic heterocycles. The minimum absolute atomic E-state index is 0. The molecule has 0 atom stereocenters. The number of phenols is 1. The molecule has 20 heavy (non-hydrogen) atoms. The third-order valence-corrected chi connectivity index (χ3v) is 2.32. The van der Waals surface area contributed by atoms with Gasteiger partial charge in [0.25, 0.3) is 0 Å². The molecule has 0 unspecified atom stereocenters. The Balaban J connectivity index is 0.00000361. The predicted molar refractivity (Wildman–Crippen MR) is 84.3 cm³/mol. The van der Waals surface area contributed by atoms with E-state index in [0.717, 1.165) is 12.1 Å². The maximum absolute atomic E-state index is 10.2. The summed E-state index contributed by atoms with van der Waals surface area (Å²) in [6.07, 6.45) is 0.0137. The van der Waals surface area contributed by atoms with E-state index in [9.17, 15) is 5.11 Å². The fraction of sp³-hybridized carbons (Fsp3) is 0.600. The van der Waals surface area contributed by atoms with Crippen LogP contribution in [0, 0.1) is 0 Å². The Morgan fingerprint density at radius 3 is 1.70 bits per heavy atom. The molecule has 4 nitrogen and oxygen atoms in total. The van der Waals surface area contributed by atoms with Crippen LogP contribution in [0.2, 0.25) is 0 Å². The van der Waals surface area contributed by atoms with E-state index in [4.69, 9.17) is 9.47 Å². The van der Waals surface area contributed by atoms with Gasteiger partial charge in [-0.25, -0.2) is 0 Å².